The number of benzene rings is 1. The van der Waals surface area contributed by atoms with E-state index >= 15 is 0 Å². The lowest BCUT2D eigenvalue weighted by molar-refractivity contribution is -0.115. The lowest BCUT2D eigenvalue weighted by Crippen LogP contribution is -2.29. The van der Waals surface area contributed by atoms with Crippen LogP contribution in [0.25, 0.3) is 0 Å². The third kappa shape index (κ3) is 3.30. The van der Waals surface area contributed by atoms with Crippen LogP contribution in [0.3, 0.4) is 0 Å². The van der Waals surface area contributed by atoms with Crippen LogP contribution < -0.4 is 10.6 Å². The summed E-state index contributed by atoms with van der Waals surface area (Å²) in [6.45, 7) is 1.99. The monoisotopic (exact) mass is 248 g/mol. The van der Waals surface area contributed by atoms with Gasteiger partial charge in [-0.3, -0.25) is 4.79 Å². The van der Waals surface area contributed by atoms with Gasteiger partial charge in [0, 0.05) is 11.7 Å². The van der Waals surface area contributed by atoms with Crippen molar-refractivity contribution in [1.82, 2.24) is 5.32 Å². The molecule has 1 aliphatic carbocycles. The number of carbonyl (C=O) groups excluding carboxylic acids is 1. The minimum Gasteiger partial charge on any atom is -0.478 e. The van der Waals surface area contributed by atoms with Crippen molar-refractivity contribution < 1.29 is 14.7 Å². The van der Waals surface area contributed by atoms with Gasteiger partial charge in [-0.25, -0.2) is 4.79 Å². The second-order valence-electron chi connectivity index (χ2n) is 4.54. The predicted molar refractivity (Wildman–Crippen MR) is 67.8 cm³/mol. The molecule has 1 saturated carbocycles. The molecule has 0 radical (unpaired) electrons. The fourth-order valence-corrected chi connectivity index (χ4v) is 1.66. The van der Waals surface area contributed by atoms with Crippen LogP contribution in [0.1, 0.15) is 28.8 Å². The maximum atomic E-state index is 11.6. The topological polar surface area (TPSA) is 78.4 Å². The molecular weight excluding hydrogens is 232 g/mol. The minimum absolute atomic E-state index is 0.151. The van der Waals surface area contributed by atoms with Gasteiger partial charge in [0.15, 0.2) is 0 Å². The number of carboxylic acid groups (broad SMARTS) is 1. The Morgan fingerprint density at radius 2 is 2.11 bits per heavy atom. The zero-order valence-corrected chi connectivity index (χ0v) is 10.2. The SMILES string of the molecule is Cc1ccc(NC(=O)CNC2CC2)cc1C(=O)O. The van der Waals surface area contributed by atoms with Crippen LogP contribution in [0.4, 0.5) is 5.69 Å². The van der Waals surface area contributed by atoms with Crippen molar-refractivity contribution in [3.63, 3.8) is 0 Å². The van der Waals surface area contributed by atoms with E-state index in [1.54, 1.807) is 19.1 Å². The molecule has 1 aliphatic rings. The number of rotatable bonds is 5. The Hall–Kier alpha value is -1.88. The van der Waals surface area contributed by atoms with Crippen LogP contribution in [0.5, 0.6) is 0 Å². The highest BCUT2D eigenvalue weighted by molar-refractivity contribution is 5.95. The van der Waals surface area contributed by atoms with Crippen molar-refractivity contribution in [2.75, 3.05) is 11.9 Å². The van der Waals surface area contributed by atoms with Gasteiger partial charge in [0.25, 0.3) is 0 Å². The zero-order valence-electron chi connectivity index (χ0n) is 10.2. The van der Waals surface area contributed by atoms with Gasteiger partial charge in [-0.05, 0) is 37.5 Å². The summed E-state index contributed by atoms with van der Waals surface area (Å²) in [6.07, 6.45) is 2.25. The van der Waals surface area contributed by atoms with Gasteiger partial charge in [-0.15, -0.1) is 0 Å². The van der Waals surface area contributed by atoms with E-state index in [1.165, 1.54) is 6.07 Å². The van der Waals surface area contributed by atoms with E-state index < -0.39 is 5.97 Å². The quantitative estimate of drug-likeness (QED) is 0.735. The molecule has 1 amide bonds. The maximum Gasteiger partial charge on any atom is 0.336 e. The highest BCUT2D eigenvalue weighted by Gasteiger charge is 2.21. The van der Waals surface area contributed by atoms with Gasteiger partial charge >= 0.3 is 5.97 Å². The molecule has 0 unspecified atom stereocenters. The van der Waals surface area contributed by atoms with Crippen molar-refractivity contribution in [3.05, 3.63) is 29.3 Å². The first-order valence-electron chi connectivity index (χ1n) is 5.93. The maximum absolute atomic E-state index is 11.6. The molecule has 0 atom stereocenters. The lowest BCUT2D eigenvalue weighted by Gasteiger charge is -2.08. The molecule has 1 aromatic rings. The molecular formula is C13H16N2O3. The highest BCUT2D eigenvalue weighted by Crippen LogP contribution is 2.18. The number of carboxylic acids is 1. The smallest absolute Gasteiger partial charge is 0.336 e. The Morgan fingerprint density at radius 1 is 1.39 bits per heavy atom. The fourth-order valence-electron chi connectivity index (χ4n) is 1.66. The van der Waals surface area contributed by atoms with E-state index in [-0.39, 0.29) is 18.0 Å². The summed E-state index contributed by atoms with van der Waals surface area (Å²) in [5.41, 5.74) is 1.40. The van der Waals surface area contributed by atoms with Gasteiger partial charge in [-0.1, -0.05) is 6.07 Å². The second kappa shape index (κ2) is 5.18. The number of nitrogens with one attached hydrogen (secondary N) is 2. The van der Waals surface area contributed by atoms with E-state index in [2.05, 4.69) is 10.6 Å². The van der Waals surface area contributed by atoms with Crippen LogP contribution >= 0.6 is 0 Å². The summed E-state index contributed by atoms with van der Waals surface area (Å²) in [6, 6.07) is 5.35. The first kappa shape index (κ1) is 12.6. The van der Waals surface area contributed by atoms with Crippen LogP contribution in [0.2, 0.25) is 0 Å². The van der Waals surface area contributed by atoms with E-state index in [0.717, 1.165) is 12.8 Å². The Labute approximate surface area is 105 Å². The number of hydrogen-bond donors (Lipinski definition) is 3. The molecule has 0 spiro atoms. The number of anilines is 1. The summed E-state index contributed by atoms with van der Waals surface area (Å²) in [7, 11) is 0. The van der Waals surface area contributed by atoms with Gasteiger partial charge in [0.2, 0.25) is 5.91 Å². The molecule has 0 bridgehead atoms. The van der Waals surface area contributed by atoms with Crippen LogP contribution in [0.15, 0.2) is 18.2 Å². The van der Waals surface area contributed by atoms with Crippen molar-refractivity contribution in [1.29, 1.82) is 0 Å². The predicted octanol–water partition coefficient (Wildman–Crippen LogP) is 1.38. The van der Waals surface area contributed by atoms with Crippen LogP contribution in [-0.4, -0.2) is 29.6 Å². The molecule has 18 heavy (non-hydrogen) atoms. The second-order valence-corrected chi connectivity index (χ2v) is 4.54. The molecule has 0 heterocycles. The number of carbonyl (C=O) groups is 2. The van der Waals surface area contributed by atoms with Crippen molar-refractivity contribution in [2.24, 2.45) is 0 Å². The molecule has 0 saturated heterocycles. The third-order valence-electron chi connectivity index (χ3n) is 2.88. The standard InChI is InChI=1S/C13H16N2O3/c1-8-2-3-10(6-11(8)13(17)18)15-12(16)7-14-9-4-5-9/h2-3,6,9,14H,4-5,7H2,1H3,(H,15,16)(H,17,18). The third-order valence-corrected chi connectivity index (χ3v) is 2.88. The van der Waals surface area contributed by atoms with E-state index in [9.17, 15) is 9.59 Å². The molecule has 0 aliphatic heterocycles. The van der Waals surface area contributed by atoms with Gasteiger partial charge in [-0.2, -0.15) is 0 Å². The summed E-state index contributed by atoms with van der Waals surface area (Å²) < 4.78 is 0. The fraction of sp³-hybridized carbons (Fsp3) is 0.385. The van der Waals surface area contributed by atoms with Crippen molar-refractivity contribution in [2.45, 2.75) is 25.8 Å². The molecule has 96 valence electrons. The Morgan fingerprint density at radius 3 is 2.72 bits per heavy atom. The van der Waals surface area contributed by atoms with Crippen LogP contribution in [-0.2, 0) is 4.79 Å². The molecule has 3 N–H and O–H groups in total. The average Bonchev–Trinajstić information content (AvgIpc) is 3.12. The first-order valence-corrected chi connectivity index (χ1v) is 5.93. The van der Waals surface area contributed by atoms with Gasteiger partial charge in [0.05, 0.1) is 12.1 Å². The Bertz CT molecular complexity index is 481. The Balaban J connectivity index is 1.97. The molecule has 5 heteroatoms. The van der Waals surface area contributed by atoms with Crippen molar-refractivity contribution in [3.8, 4) is 0 Å². The molecule has 5 nitrogen and oxygen atoms in total. The number of aryl methyl sites for hydroxylation is 1. The highest BCUT2D eigenvalue weighted by atomic mass is 16.4. The van der Waals surface area contributed by atoms with E-state index in [0.29, 0.717) is 17.3 Å². The average molecular weight is 248 g/mol. The largest absolute Gasteiger partial charge is 0.478 e. The van der Waals surface area contributed by atoms with E-state index in [4.69, 9.17) is 5.11 Å². The zero-order chi connectivity index (χ0) is 13.1. The first-order chi connectivity index (χ1) is 8.56. The van der Waals surface area contributed by atoms with E-state index in [1.807, 2.05) is 0 Å². The van der Waals surface area contributed by atoms with Gasteiger partial charge < -0.3 is 15.7 Å². The normalized spacial score (nSPS) is 14.3. The number of aromatic carboxylic acids is 1. The summed E-state index contributed by atoms with van der Waals surface area (Å²) in [5, 5.41) is 14.8. The summed E-state index contributed by atoms with van der Waals surface area (Å²) in [4.78, 5) is 22.5. The van der Waals surface area contributed by atoms with Gasteiger partial charge in [0.1, 0.15) is 0 Å². The molecule has 0 aromatic heterocycles. The lowest BCUT2D eigenvalue weighted by atomic mass is 10.1. The summed E-state index contributed by atoms with van der Waals surface area (Å²) in [5.74, 6) is -1.14. The Kier molecular flexibility index (Phi) is 3.62. The van der Waals surface area contributed by atoms with Crippen molar-refractivity contribution >= 4 is 17.6 Å². The molecule has 1 fully saturated rings. The van der Waals surface area contributed by atoms with Crippen LogP contribution in [0, 0.1) is 6.92 Å². The summed E-state index contributed by atoms with van der Waals surface area (Å²) >= 11 is 0. The molecule has 1 aromatic carbocycles. The number of amides is 1. The minimum atomic E-state index is -0.986. The molecule has 2 rings (SSSR count). The number of hydrogen-bond acceptors (Lipinski definition) is 3.